The predicted octanol–water partition coefficient (Wildman–Crippen LogP) is 6.07. The summed E-state index contributed by atoms with van der Waals surface area (Å²) in [4.78, 5) is 39.3. The number of anilines is 1. The molecule has 35 heavy (non-hydrogen) atoms. The van der Waals surface area contributed by atoms with E-state index >= 15 is 0 Å². The number of barbiturate groups is 1. The normalized spacial score (nSPS) is 14.9. The Labute approximate surface area is 216 Å². The Bertz CT molecular complexity index is 1370. The van der Waals surface area contributed by atoms with Crippen LogP contribution >= 0.6 is 27.5 Å². The summed E-state index contributed by atoms with van der Waals surface area (Å²) >= 11 is 9.96. The van der Waals surface area contributed by atoms with Gasteiger partial charge in [-0.05, 0) is 66.9 Å². The van der Waals surface area contributed by atoms with Crippen LogP contribution in [0, 0.1) is 6.92 Å². The maximum Gasteiger partial charge on any atom is 0.335 e. The van der Waals surface area contributed by atoms with Crippen molar-refractivity contribution in [3.63, 3.8) is 0 Å². The Kier molecular flexibility index (Phi) is 7.38. The van der Waals surface area contributed by atoms with Crippen LogP contribution < -0.4 is 15.0 Å². The number of rotatable bonds is 6. The van der Waals surface area contributed by atoms with E-state index in [0.717, 1.165) is 26.1 Å². The maximum absolute atomic E-state index is 13.2. The van der Waals surface area contributed by atoms with E-state index < -0.39 is 17.8 Å². The molecule has 0 aliphatic carbocycles. The summed E-state index contributed by atoms with van der Waals surface area (Å²) in [7, 11) is 0. The molecule has 0 bridgehead atoms. The quantitative estimate of drug-likeness (QED) is 0.297. The van der Waals surface area contributed by atoms with Crippen molar-refractivity contribution in [1.29, 1.82) is 0 Å². The van der Waals surface area contributed by atoms with Crippen molar-refractivity contribution in [1.82, 2.24) is 5.32 Å². The van der Waals surface area contributed by atoms with E-state index in [1.54, 1.807) is 30.3 Å². The molecule has 0 unspecified atom stereocenters. The highest BCUT2D eigenvalue weighted by atomic mass is 79.9. The molecule has 1 heterocycles. The fourth-order valence-corrected chi connectivity index (χ4v) is 4.63. The van der Waals surface area contributed by atoms with Gasteiger partial charge in [0.25, 0.3) is 11.8 Å². The number of hydrogen-bond acceptors (Lipinski definition) is 4. The van der Waals surface area contributed by atoms with E-state index in [1.165, 1.54) is 6.08 Å². The molecular formula is C27H22BrClN2O4. The zero-order valence-corrected chi connectivity index (χ0v) is 21.4. The highest BCUT2D eigenvalue weighted by Gasteiger charge is 2.36. The van der Waals surface area contributed by atoms with Crippen LogP contribution in [-0.4, -0.2) is 24.5 Å². The second kappa shape index (κ2) is 10.5. The summed E-state index contributed by atoms with van der Waals surface area (Å²) < 4.78 is 6.62. The van der Waals surface area contributed by atoms with Crippen LogP contribution in [0.25, 0.3) is 6.08 Å². The van der Waals surface area contributed by atoms with Crippen LogP contribution in [0.3, 0.4) is 0 Å². The van der Waals surface area contributed by atoms with Crippen molar-refractivity contribution in [3.05, 3.63) is 98.0 Å². The van der Waals surface area contributed by atoms with Crippen molar-refractivity contribution in [2.45, 2.75) is 20.3 Å². The zero-order chi connectivity index (χ0) is 25.1. The number of ether oxygens (including phenoxy) is 1. The maximum atomic E-state index is 13.2. The highest BCUT2D eigenvalue weighted by molar-refractivity contribution is 9.10. The first-order valence-corrected chi connectivity index (χ1v) is 12.1. The molecule has 0 saturated carbocycles. The van der Waals surface area contributed by atoms with Crippen molar-refractivity contribution in [3.8, 4) is 5.75 Å². The number of hydrogen-bond donors (Lipinski definition) is 1. The average molecular weight is 554 g/mol. The Morgan fingerprint density at radius 1 is 1.06 bits per heavy atom. The van der Waals surface area contributed by atoms with Crippen LogP contribution in [0.15, 0.2) is 70.7 Å². The van der Waals surface area contributed by atoms with Crippen molar-refractivity contribution < 1.29 is 19.1 Å². The zero-order valence-electron chi connectivity index (χ0n) is 19.1. The smallest absolute Gasteiger partial charge is 0.335 e. The number of nitrogens with zero attached hydrogens (tertiary/aromatic N) is 1. The molecule has 0 spiro atoms. The Morgan fingerprint density at radius 2 is 1.83 bits per heavy atom. The van der Waals surface area contributed by atoms with Gasteiger partial charge in [-0.2, -0.15) is 0 Å². The number of carbonyl (C=O) groups excluding carboxylic acids is 3. The lowest BCUT2D eigenvalue weighted by Crippen LogP contribution is -2.54. The summed E-state index contributed by atoms with van der Waals surface area (Å²) in [6, 6.07) is 17.3. The Hall–Kier alpha value is -3.42. The van der Waals surface area contributed by atoms with Crippen molar-refractivity contribution in [2.24, 2.45) is 0 Å². The van der Waals surface area contributed by atoms with Crippen molar-refractivity contribution >= 4 is 57.1 Å². The number of imide groups is 2. The molecule has 8 heteroatoms. The van der Waals surface area contributed by atoms with Gasteiger partial charge in [0, 0.05) is 21.5 Å². The summed E-state index contributed by atoms with van der Waals surface area (Å²) in [6.07, 6.45) is 1.99. The topological polar surface area (TPSA) is 75.7 Å². The number of carbonyl (C=O) groups is 3. The van der Waals surface area contributed by atoms with Gasteiger partial charge in [-0.1, -0.05) is 57.9 Å². The van der Waals surface area contributed by atoms with Gasteiger partial charge in [0.1, 0.15) is 11.3 Å². The van der Waals surface area contributed by atoms with Crippen LogP contribution in [-0.2, 0) is 16.0 Å². The first kappa shape index (κ1) is 24.7. The van der Waals surface area contributed by atoms with E-state index in [0.29, 0.717) is 35.1 Å². The minimum Gasteiger partial charge on any atom is -0.494 e. The largest absolute Gasteiger partial charge is 0.494 e. The molecule has 0 atom stereocenters. The highest BCUT2D eigenvalue weighted by Crippen LogP contribution is 2.34. The van der Waals surface area contributed by atoms with E-state index in [2.05, 4.69) is 21.2 Å². The van der Waals surface area contributed by atoms with Gasteiger partial charge in [0.05, 0.1) is 12.3 Å². The van der Waals surface area contributed by atoms with E-state index in [1.807, 2.05) is 44.2 Å². The molecule has 4 amide bonds. The van der Waals surface area contributed by atoms with Gasteiger partial charge in [-0.25, -0.2) is 9.69 Å². The number of urea groups is 1. The molecule has 1 fully saturated rings. The first-order chi connectivity index (χ1) is 16.8. The molecule has 178 valence electrons. The number of aryl methyl sites for hydroxylation is 1. The van der Waals surface area contributed by atoms with E-state index in [-0.39, 0.29) is 5.57 Å². The predicted molar refractivity (Wildman–Crippen MR) is 140 cm³/mol. The van der Waals surface area contributed by atoms with Crippen molar-refractivity contribution in [2.75, 3.05) is 11.5 Å². The molecule has 0 radical (unpaired) electrons. The lowest BCUT2D eigenvalue weighted by atomic mass is 10.0. The molecule has 4 rings (SSSR count). The third-order valence-corrected chi connectivity index (χ3v) is 6.55. The average Bonchev–Trinajstić information content (AvgIpc) is 2.80. The molecule has 3 aromatic carbocycles. The third-order valence-electron chi connectivity index (χ3n) is 5.47. The SMILES string of the molecule is CCOc1cc(/C=C2\C(=O)NC(=O)N(c3cccc(C)c3)C2=O)cc(Br)c1Cc1ccccc1Cl. The monoisotopic (exact) mass is 552 g/mol. The molecule has 1 saturated heterocycles. The van der Waals surface area contributed by atoms with Gasteiger partial charge >= 0.3 is 6.03 Å². The van der Waals surface area contributed by atoms with Gasteiger partial charge in [-0.3, -0.25) is 14.9 Å². The Morgan fingerprint density at radius 3 is 2.54 bits per heavy atom. The molecule has 1 aliphatic heterocycles. The number of benzene rings is 3. The summed E-state index contributed by atoms with van der Waals surface area (Å²) in [5.74, 6) is -0.847. The minimum atomic E-state index is -0.783. The van der Waals surface area contributed by atoms with Crippen LogP contribution in [0.5, 0.6) is 5.75 Å². The van der Waals surface area contributed by atoms with Gasteiger partial charge < -0.3 is 4.74 Å². The summed E-state index contributed by atoms with van der Waals surface area (Å²) in [5, 5.41) is 2.91. The van der Waals surface area contributed by atoms with E-state index in [4.69, 9.17) is 16.3 Å². The van der Waals surface area contributed by atoms with Gasteiger partial charge in [0.2, 0.25) is 0 Å². The van der Waals surface area contributed by atoms with Crippen LogP contribution in [0.1, 0.15) is 29.2 Å². The van der Waals surface area contributed by atoms with E-state index in [9.17, 15) is 14.4 Å². The molecular weight excluding hydrogens is 532 g/mol. The molecule has 0 aromatic heterocycles. The molecule has 3 aromatic rings. The summed E-state index contributed by atoms with van der Waals surface area (Å²) in [6.45, 7) is 4.16. The van der Waals surface area contributed by atoms with Crippen LogP contribution in [0.2, 0.25) is 5.02 Å². The second-order valence-corrected chi connectivity index (χ2v) is 9.24. The number of halogens is 2. The molecule has 1 N–H and O–H groups in total. The lowest BCUT2D eigenvalue weighted by molar-refractivity contribution is -0.122. The van der Waals surface area contributed by atoms with Gasteiger partial charge in [0.15, 0.2) is 0 Å². The second-order valence-electron chi connectivity index (χ2n) is 7.98. The fourth-order valence-electron chi connectivity index (χ4n) is 3.83. The number of nitrogens with one attached hydrogen (secondary N) is 1. The van der Waals surface area contributed by atoms with Crippen LogP contribution in [0.4, 0.5) is 10.5 Å². The first-order valence-electron chi connectivity index (χ1n) is 10.9. The fraction of sp³-hybridized carbons (Fsp3) is 0.148. The minimum absolute atomic E-state index is 0.153. The third kappa shape index (κ3) is 5.31. The summed E-state index contributed by atoms with van der Waals surface area (Å²) in [5.41, 5.74) is 3.51. The lowest BCUT2D eigenvalue weighted by Gasteiger charge is -2.26. The number of amides is 4. The molecule has 6 nitrogen and oxygen atoms in total. The van der Waals surface area contributed by atoms with Gasteiger partial charge in [-0.15, -0.1) is 0 Å². The molecule has 1 aliphatic rings. The standard InChI is InChI=1S/C27H22BrClN2O4/c1-3-35-24-14-17(13-22(28)20(24)15-18-8-4-5-10-23(18)29)12-21-25(32)30-27(34)31(26(21)33)19-9-6-7-16(2)11-19/h4-14H,3,15H2,1-2H3,(H,30,32,34)/b21-12+. The Balaban J connectivity index is 1.73.